The van der Waals surface area contributed by atoms with Gasteiger partial charge in [-0.25, -0.2) is 0 Å². The highest BCUT2D eigenvalue weighted by Crippen LogP contribution is 2.35. The molecular weight excluding hydrogens is 310 g/mol. The van der Waals surface area contributed by atoms with Crippen molar-refractivity contribution in [2.45, 2.75) is 31.0 Å². The van der Waals surface area contributed by atoms with E-state index in [-0.39, 0.29) is 11.7 Å². The molecule has 4 nitrogen and oxygen atoms in total. The zero-order valence-corrected chi connectivity index (χ0v) is 12.3. The van der Waals surface area contributed by atoms with E-state index in [1.54, 1.807) is 0 Å². The fraction of sp³-hybridized carbons (Fsp3) is 0.571. The highest BCUT2D eigenvalue weighted by molar-refractivity contribution is 9.10. The maximum atomic E-state index is 6.06. The van der Waals surface area contributed by atoms with Crippen molar-refractivity contribution in [2.75, 3.05) is 25.6 Å². The van der Waals surface area contributed by atoms with Crippen molar-refractivity contribution in [1.82, 2.24) is 0 Å². The molecule has 2 fully saturated rings. The van der Waals surface area contributed by atoms with Crippen LogP contribution in [0.15, 0.2) is 22.7 Å². The zero-order chi connectivity index (χ0) is 13.3. The van der Waals surface area contributed by atoms with Gasteiger partial charge in [-0.3, -0.25) is 0 Å². The molecule has 5 heteroatoms. The first kappa shape index (κ1) is 13.2. The molecule has 104 valence electrons. The molecular formula is C14H18BrNO3. The summed E-state index contributed by atoms with van der Waals surface area (Å²) in [5, 5.41) is 0. The van der Waals surface area contributed by atoms with Gasteiger partial charge in [0.2, 0.25) is 0 Å². The van der Waals surface area contributed by atoms with Crippen LogP contribution in [0.3, 0.4) is 0 Å². The monoisotopic (exact) mass is 327 g/mol. The largest absolute Gasteiger partial charge is 0.490 e. The second-order valence-corrected chi connectivity index (χ2v) is 6.20. The lowest BCUT2D eigenvalue weighted by molar-refractivity contribution is -0.112. The third-order valence-electron chi connectivity index (χ3n) is 3.71. The van der Waals surface area contributed by atoms with Crippen LogP contribution in [0.1, 0.15) is 19.3 Å². The minimum absolute atomic E-state index is 0.125. The predicted octanol–water partition coefficient (Wildman–Crippen LogP) is 2.75. The van der Waals surface area contributed by atoms with E-state index in [1.807, 2.05) is 18.2 Å². The van der Waals surface area contributed by atoms with Crippen molar-refractivity contribution in [2.24, 2.45) is 0 Å². The number of rotatable bonds is 2. The van der Waals surface area contributed by atoms with E-state index in [0.717, 1.165) is 42.7 Å². The summed E-state index contributed by atoms with van der Waals surface area (Å²) in [7, 11) is 0. The van der Waals surface area contributed by atoms with Gasteiger partial charge in [0.25, 0.3) is 0 Å². The SMILES string of the molecule is Nc1cc(Br)cc(OC2CCOC3(CCOC3)C2)c1. The van der Waals surface area contributed by atoms with Crippen LogP contribution in [0.25, 0.3) is 0 Å². The number of nitrogens with two attached hydrogens (primary N) is 1. The number of hydrogen-bond acceptors (Lipinski definition) is 4. The van der Waals surface area contributed by atoms with E-state index >= 15 is 0 Å². The minimum Gasteiger partial charge on any atom is -0.490 e. The van der Waals surface area contributed by atoms with Crippen LogP contribution in [-0.4, -0.2) is 31.5 Å². The van der Waals surface area contributed by atoms with Crippen LogP contribution in [0.2, 0.25) is 0 Å². The first-order chi connectivity index (χ1) is 9.15. The lowest BCUT2D eigenvalue weighted by Gasteiger charge is -2.37. The number of hydrogen-bond donors (Lipinski definition) is 1. The average Bonchev–Trinajstić information content (AvgIpc) is 2.76. The second kappa shape index (κ2) is 5.31. The lowest BCUT2D eigenvalue weighted by atomic mass is 9.91. The van der Waals surface area contributed by atoms with Crippen molar-refractivity contribution >= 4 is 21.6 Å². The van der Waals surface area contributed by atoms with Crippen molar-refractivity contribution < 1.29 is 14.2 Å². The smallest absolute Gasteiger partial charge is 0.122 e. The molecule has 1 aromatic rings. The summed E-state index contributed by atoms with van der Waals surface area (Å²) < 4.78 is 18.4. The summed E-state index contributed by atoms with van der Waals surface area (Å²) in [4.78, 5) is 0. The number of ether oxygens (including phenoxy) is 3. The Morgan fingerprint density at radius 2 is 2.21 bits per heavy atom. The van der Waals surface area contributed by atoms with Crippen LogP contribution in [0.5, 0.6) is 5.75 Å². The molecule has 0 bridgehead atoms. The van der Waals surface area contributed by atoms with Gasteiger partial charge in [0.1, 0.15) is 11.9 Å². The van der Waals surface area contributed by atoms with Gasteiger partial charge in [-0.15, -0.1) is 0 Å². The Bertz CT molecular complexity index is 440. The van der Waals surface area contributed by atoms with Gasteiger partial charge < -0.3 is 19.9 Å². The van der Waals surface area contributed by atoms with E-state index in [4.69, 9.17) is 19.9 Å². The maximum Gasteiger partial charge on any atom is 0.122 e. The summed E-state index contributed by atoms with van der Waals surface area (Å²) >= 11 is 3.43. The molecule has 0 aliphatic carbocycles. The van der Waals surface area contributed by atoms with Gasteiger partial charge in [-0.1, -0.05) is 15.9 Å². The second-order valence-electron chi connectivity index (χ2n) is 5.29. The van der Waals surface area contributed by atoms with E-state index in [1.165, 1.54) is 0 Å². The third-order valence-corrected chi connectivity index (χ3v) is 4.17. The van der Waals surface area contributed by atoms with Crippen molar-refractivity contribution in [3.05, 3.63) is 22.7 Å². The Kier molecular flexibility index (Phi) is 3.69. The Hall–Kier alpha value is -0.780. The molecule has 1 spiro atoms. The standard InChI is InChI=1S/C14H18BrNO3/c15-10-5-11(16)7-13(6-10)19-12-1-3-18-14(8-12)2-4-17-9-14/h5-7,12H,1-4,8-9,16H2. The molecule has 2 aliphatic rings. The van der Waals surface area contributed by atoms with Gasteiger partial charge in [-0.05, 0) is 12.1 Å². The number of anilines is 1. The van der Waals surface area contributed by atoms with E-state index < -0.39 is 0 Å². The zero-order valence-electron chi connectivity index (χ0n) is 10.7. The van der Waals surface area contributed by atoms with E-state index in [2.05, 4.69) is 15.9 Å². The average molecular weight is 328 g/mol. The number of nitrogen functional groups attached to an aromatic ring is 1. The predicted molar refractivity (Wildman–Crippen MR) is 76.3 cm³/mol. The molecule has 0 amide bonds. The molecule has 2 aliphatic heterocycles. The van der Waals surface area contributed by atoms with Crippen LogP contribution >= 0.6 is 15.9 Å². The quantitative estimate of drug-likeness (QED) is 0.848. The summed E-state index contributed by atoms with van der Waals surface area (Å²) in [5.74, 6) is 0.813. The van der Waals surface area contributed by atoms with Gasteiger partial charge in [0.15, 0.2) is 0 Å². The number of benzene rings is 1. The van der Waals surface area contributed by atoms with Crippen molar-refractivity contribution in [1.29, 1.82) is 0 Å². The fourth-order valence-corrected chi connectivity index (χ4v) is 3.28. The Morgan fingerprint density at radius 1 is 1.32 bits per heavy atom. The summed E-state index contributed by atoms with van der Waals surface area (Å²) in [6.45, 7) is 2.21. The van der Waals surface area contributed by atoms with Crippen molar-refractivity contribution in [3.8, 4) is 5.75 Å². The molecule has 0 saturated carbocycles. The highest BCUT2D eigenvalue weighted by Gasteiger charge is 2.41. The third kappa shape index (κ3) is 3.04. The lowest BCUT2D eigenvalue weighted by Crippen LogP contribution is -2.44. The summed E-state index contributed by atoms with van der Waals surface area (Å²) in [6, 6.07) is 5.67. The van der Waals surface area contributed by atoms with E-state index in [9.17, 15) is 0 Å². The molecule has 2 unspecified atom stereocenters. The van der Waals surface area contributed by atoms with E-state index in [0.29, 0.717) is 12.3 Å². The van der Waals surface area contributed by atoms with Gasteiger partial charge in [-0.2, -0.15) is 0 Å². The normalized spacial score (nSPS) is 30.7. The van der Waals surface area contributed by atoms with Crippen LogP contribution in [-0.2, 0) is 9.47 Å². The molecule has 3 rings (SSSR count). The topological polar surface area (TPSA) is 53.7 Å². The van der Waals surface area contributed by atoms with Crippen LogP contribution in [0.4, 0.5) is 5.69 Å². The molecule has 2 heterocycles. The molecule has 1 aromatic carbocycles. The first-order valence-electron chi connectivity index (χ1n) is 6.60. The van der Waals surface area contributed by atoms with Crippen LogP contribution < -0.4 is 10.5 Å². The molecule has 2 saturated heterocycles. The number of halogens is 1. The summed E-state index contributed by atoms with van der Waals surface area (Å²) in [5.41, 5.74) is 6.40. The molecule has 19 heavy (non-hydrogen) atoms. The highest BCUT2D eigenvalue weighted by atomic mass is 79.9. The van der Waals surface area contributed by atoms with Gasteiger partial charge >= 0.3 is 0 Å². The van der Waals surface area contributed by atoms with Crippen molar-refractivity contribution in [3.63, 3.8) is 0 Å². The Labute approximate surface area is 121 Å². The Morgan fingerprint density at radius 3 is 2.95 bits per heavy atom. The molecule has 0 aromatic heterocycles. The van der Waals surface area contributed by atoms with Gasteiger partial charge in [0, 0.05) is 42.1 Å². The first-order valence-corrected chi connectivity index (χ1v) is 7.39. The maximum absolute atomic E-state index is 6.06. The molecule has 2 N–H and O–H groups in total. The fourth-order valence-electron chi connectivity index (χ4n) is 2.79. The molecule has 0 radical (unpaired) electrons. The minimum atomic E-state index is -0.125. The Balaban J connectivity index is 1.69. The van der Waals surface area contributed by atoms with Crippen LogP contribution in [0, 0.1) is 0 Å². The molecule has 2 atom stereocenters. The summed E-state index contributed by atoms with van der Waals surface area (Å²) in [6.07, 6.45) is 2.94. The van der Waals surface area contributed by atoms with Gasteiger partial charge in [0.05, 0.1) is 18.8 Å².